The fourth-order valence-electron chi connectivity index (χ4n) is 2.15. The number of nitrogens with zero attached hydrogens (tertiary/aromatic N) is 1. The molecule has 21 heavy (non-hydrogen) atoms. The van der Waals surface area contributed by atoms with E-state index in [4.69, 9.17) is 11.6 Å². The van der Waals surface area contributed by atoms with Crippen molar-refractivity contribution in [1.82, 2.24) is 10.3 Å². The van der Waals surface area contributed by atoms with Crippen LogP contribution in [0.2, 0.25) is 5.02 Å². The molecule has 1 unspecified atom stereocenters. The summed E-state index contributed by atoms with van der Waals surface area (Å²) >= 11 is 7.41. The summed E-state index contributed by atoms with van der Waals surface area (Å²) in [5, 5.41) is 4.51. The van der Waals surface area contributed by atoms with Gasteiger partial charge in [-0.3, -0.25) is 4.79 Å². The summed E-state index contributed by atoms with van der Waals surface area (Å²) in [5.74, 6) is -0.0424. The van der Waals surface area contributed by atoms with Crippen LogP contribution in [0.1, 0.15) is 42.1 Å². The molecular weight excluding hydrogens is 304 g/mol. The molecule has 1 aromatic heterocycles. The van der Waals surface area contributed by atoms with E-state index >= 15 is 0 Å². The van der Waals surface area contributed by atoms with Crippen molar-refractivity contribution in [2.75, 3.05) is 0 Å². The molecule has 1 atom stereocenters. The van der Waals surface area contributed by atoms with Crippen LogP contribution in [0.25, 0.3) is 10.6 Å². The smallest absolute Gasteiger partial charge is 0.263 e. The van der Waals surface area contributed by atoms with E-state index in [1.165, 1.54) is 11.3 Å². The van der Waals surface area contributed by atoms with E-state index in [1.807, 2.05) is 38.1 Å². The molecule has 1 heterocycles. The van der Waals surface area contributed by atoms with Crippen LogP contribution in [0.15, 0.2) is 24.3 Å². The highest BCUT2D eigenvalue weighted by atomic mass is 35.5. The highest BCUT2D eigenvalue weighted by Gasteiger charge is 2.17. The zero-order valence-corrected chi connectivity index (χ0v) is 14.0. The van der Waals surface area contributed by atoms with Crippen LogP contribution in [0.3, 0.4) is 0 Å². The molecule has 1 aromatic carbocycles. The van der Waals surface area contributed by atoms with Crippen molar-refractivity contribution in [3.63, 3.8) is 0 Å². The summed E-state index contributed by atoms with van der Waals surface area (Å²) in [6, 6.07) is 7.70. The number of aromatic nitrogens is 1. The average molecular weight is 323 g/mol. The molecule has 0 fully saturated rings. The van der Waals surface area contributed by atoms with E-state index in [1.54, 1.807) is 0 Å². The van der Waals surface area contributed by atoms with Gasteiger partial charge in [0.15, 0.2) is 0 Å². The largest absolute Gasteiger partial charge is 0.349 e. The number of halogens is 1. The molecule has 2 rings (SSSR count). The van der Waals surface area contributed by atoms with Crippen molar-refractivity contribution in [3.05, 3.63) is 39.9 Å². The van der Waals surface area contributed by atoms with Gasteiger partial charge in [0, 0.05) is 16.6 Å². The van der Waals surface area contributed by atoms with Crippen LogP contribution in [-0.4, -0.2) is 16.9 Å². The quantitative estimate of drug-likeness (QED) is 0.867. The lowest BCUT2D eigenvalue weighted by Gasteiger charge is -2.11. The van der Waals surface area contributed by atoms with Crippen LogP contribution < -0.4 is 5.32 Å². The molecular formula is C16H19ClN2OS. The third kappa shape index (κ3) is 4.05. The molecule has 0 aliphatic rings. The van der Waals surface area contributed by atoms with E-state index < -0.39 is 0 Å². The number of aryl methyl sites for hydroxylation is 1. The van der Waals surface area contributed by atoms with Crippen LogP contribution >= 0.6 is 22.9 Å². The second-order valence-electron chi connectivity index (χ2n) is 5.11. The van der Waals surface area contributed by atoms with Gasteiger partial charge in [0.25, 0.3) is 5.91 Å². The molecule has 0 radical (unpaired) electrons. The van der Waals surface area contributed by atoms with Gasteiger partial charge in [0.2, 0.25) is 0 Å². The first-order chi connectivity index (χ1) is 10.0. The first kappa shape index (κ1) is 16.0. The monoisotopic (exact) mass is 322 g/mol. The Morgan fingerprint density at radius 1 is 1.48 bits per heavy atom. The Hall–Kier alpha value is -1.39. The molecule has 1 N–H and O–H groups in total. The van der Waals surface area contributed by atoms with E-state index in [2.05, 4.69) is 17.2 Å². The summed E-state index contributed by atoms with van der Waals surface area (Å²) in [5.41, 5.74) is 1.70. The Labute approximate surface area is 134 Å². The second kappa shape index (κ2) is 7.05. The van der Waals surface area contributed by atoms with Gasteiger partial charge in [0.05, 0.1) is 5.69 Å². The molecule has 112 valence electrons. The Kier molecular flexibility index (Phi) is 5.37. The standard InChI is InChI=1S/C16H19ClN2OS/c1-4-6-10(2)18-15(20)14-11(3)19-16(21-14)12-7-5-8-13(17)9-12/h5,7-10H,4,6H2,1-3H3,(H,18,20). The summed E-state index contributed by atoms with van der Waals surface area (Å²) in [7, 11) is 0. The SMILES string of the molecule is CCCC(C)NC(=O)c1sc(-c2cccc(Cl)c2)nc1C. The van der Waals surface area contributed by atoms with E-state index in [0.717, 1.165) is 29.1 Å². The van der Waals surface area contributed by atoms with Crippen molar-refractivity contribution in [2.45, 2.75) is 39.7 Å². The fraction of sp³-hybridized carbons (Fsp3) is 0.375. The zero-order chi connectivity index (χ0) is 15.4. The molecule has 0 saturated carbocycles. The average Bonchev–Trinajstić information content (AvgIpc) is 2.81. The van der Waals surface area contributed by atoms with Gasteiger partial charge in [0.1, 0.15) is 9.88 Å². The third-order valence-corrected chi connectivity index (χ3v) is 4.61. The first-order valence-electron chi connectivity index (χ1n) is 7.05. The van der Waals surface area contributed by atoms with E-state index in [0.29, 0.717) is 9.90 Å². The lowest BCUT2D eigenvalue weighted by atomic mass is 10.2. The molecule has 5 heteroatoms. The lowest BCUT2D eigenvalue weighted by Crippen LogP contribution is -2.32. The molecule has 3 nitrogen and oxygen atoms in total. The maximum absolute atomic E-state index is 12.3. The highest BCUT2D eigenvalue weighted by Crippen LogP contribution is 2.29. The van der Waals surface area contributed by atoms with Gasteiger partial charge in [-0.2, -0.15) is 0 Å². The number of carbonyl (C=O) groups is 1. The van der Waals surface area contributed by atoms with E-state index in [9.17, 15) is 4.79 Å². The van der Waals surface area contributed by atoms with Gasteiger partial charge in [-0.1, -0.05) is 37.1 Å². The molecule has 0 spiro atoms. The molecule has 0 saturated heterocycles. The van der Waals surface area contributed by atoms with Gasteiger partial charge >= 0.3 is 0 Å². The van der Waals surface area contributed by atoms with Gasteiger partial charge in [-0.05, 0) is 32.4 Å². The summed E-state index contributed by atoms with van der Waals surface area (Å²) in [4.78, 5) is 17.5. The predicted octanol–water partition coefficient (Wildman–Crippen LogP) is 4.69. The highest BCUT2D eigenvalue weighted by molar-refractivity contribution is 7.17. The number of carbonyl (C=O) groups excluding carboxylic acids is 1. The lowest BCUT2D eigenvalue weighted by molar-refractivity contribution is 0.0941. The Bertz CT molecular complexity index is 639. The number of amides is 1. The van der Waals surface area contributed by atoms with Crippen molar-refractivity contribution >= 4 is 28.8 Å². The Morgan fingerprint density at radius 2 is 2.24 bits per heavy atom. The normalized spacial score (nSPS) is 12.2. The fourth-order valence-corrected chi connectivity index (χ4v) is 3.30. The van der Waals surface area contributed by atoms with Gasteiger partial charge < -0.3 is 5.32 Å². The van der Waals surface area contributed by atoms with E-state index in [-0.39, 0.29) is 11.9 Å². The Morgan fingerprint density at radius 3 is 2.90 bits per heavy atom. The second-order valence-corrected chi connectivity index (χ2v) is 6.54. The molecule has 2 aromatic rings. The third-order valence-electron chi connectivity index (χ3n) is 3.17. The number of benzene rings is 1. The van der Waals surface area contributed by atoms with Crippen LogP contribution in [-0.2, 0) is 0 Å². The topological polar surface area (TPSA) is 42.0 Å². The number of nitrogens with one attached hydrogen (secondary N) is 1. The molecule has 0 aliphatic heterocycles. The minimum Gasteiger partial charge on any atom is -0.349 e. The minimum atomic E-state index is -0.0424. The maximum Gasteiger partial charge on any atom is 0.263 e. The zero-order valence-electron chi connectivity index (χ0n) is 12.4. The van der Waals surface area contributed by atoms with Crippen LogP contribution in [0.5, 0.6) is 0 Å². The summed E-state index contributed by atoms with van der Waals surface area (Å²) < 4.78 is 0. The summed E-state index contributed by atoms with van der Waals surface area (Å²) in [6.45, 7) is 6.00. The van der Waals surface area contributed by atoms with Crippen molar-refractivity contribution in [2.24, 2.45) is 0 Å². The van der Waals surface area contributed by atoms with Crippen LogP contribution in [0.4, 0.5) is 0 Å². The number of rotatable bonds is 5. The van der Waals surface area contributed by atoms with Crippen molar-refractivity contribution < 1.29 is 4.79 Å². The number of hydrogen-bond acceptors (Lipinski definition) is 3. The van der Waals surface area contributed by atoms with Crippen molar-refractivity contribution in [3.8, 4) is 10.6 Å². The first-order valence-corrected chi connectivity index (χ1v) is 8.25. The van der Waals surface area contributed by atoms with Gasteiger partial charge in [-0.25, -0.2) is 4.98 Å². The molecule has 0 aliphatic carbocycles. The molecule has 0 bridgehead atoms. The molecule has 1 amide bonds. The predicted molar refractivity (Wildman–Crippen MR) is 89.1 cm³/mol. The number of hydrogen-bond donors (Lipinski definition) is 1. The Balaban J connectivity index is 2.21. The van der Waals surface area contributed by atoms with Crippen molar-refractivity contribution in [1.29, 1.82) is 0 Å². The number of thiazole rings is 1. The van der Waals surface area contributed by atoms with Crippen LogP contribution in [0, 0.1) is 6.92 Å². The van der Waals surface area contributed by atoms with Gasteiger partial charge in [-0.15, -0.1) is 11.3 Å². The maximum atomic E-state index is 12.3. The summed E-state index contributed by atoms with van der Waals surface area (Å²) in [6.07, 6.45) is 2.03. The minimum absolute atomic E-state index is 0.0424.